The zero-order valence-electron chi connectivity index (χ0n) is 12.0. The highest BCUT2D eigenvalue weighted by Crippen LogP contribution is 2.27. The first-order valence-electron chi connectivity index (χ1n) is 6.82. The Morgan fingerprint density at radius 1 is 1.20 bits per heavy atom. The van der Waals surface area contributed by atoms with E-state index in [1.54, 1.807) is 6.20 Å². The molecule has 0 amide bonds. The lowest BCUT2D eigenvalue weighted by atomic mass is 10.1. The van der Waals surface area contributed by atoms with Crippen LogP contribution in [0.3, 0.4) is 0 Å². The third-order valence-corrected chi connectivity index (χ3v) is 3.80. The fraction of sp³-hybridized carbons (Fsp3) is 0.250. The molecular formula is C16H18N4. The topological polar surface area (TPSA) is 56.7 Å². The molecule has 2 aromatic heterocycles. The highest BCUT2D eigenvalue weighted by atomic mass is 15.3. The van der Waals surface area contributed by atoms with Gasteiger partial charge < -0.3 is 5.73 Å². The molecule has 0 bridgehead atoms. The first kappa shape index (κ1) is 12.7. The second kappa shape index (κ2) is 4.63. The monoisotopic (exact) mass is 266 g/mol. The molecule has 2 N–H and O–H groups in total. The average molecular weight is 266 g/mol. The number of hydrogen-bond donors (Lipinski definition) is 1. The van der Waals surface area contributed by atoms with E-state index >= 15 is 0 Å². The maximum Gasteiger partial charge on any atom is 0.0952 e. The first-order chi connectivity index (χ1) is 9.63. The largest absolute Gasteiger partial charge is 0.397 e. The summed E-state index contributed by atoms with van der Waals surface area (Å²) in [5, 5.41) is 5.71. The second-order valence-electron chi connectivity index (χ2n) is 4.99. The lowest BCUT2D eigenvalue weighted by Gasteiger charge is -2.10. The normalized spacial score (nSPS) is 11.2. The molecule has 0 aliphatic carbocycles. The molecule has 0 saturated heterocycles. The number of hydrogen-bond acceptors (Lipinski definition) is 3. The Bertz CT molecular complexity index is 787. The lowest BCUT2D eigenvalue weighted by molar-refractivity contribution is 0.838. The minimum absolute atomic E-state index is 0.696. The van der Waals surface area contributed by atoms with Crippen molar-refractivity contribution in [3.05, 3.63) is 47.4 Å². The summed E-state index contributed by atoms with van der Waals surface area (Å²) >= 11 is 0. The van der Waals surface area contributed by atoms with Crippen LogP contribution in [-0.4, -0.2) is 14.8 Å². The number of benzene rings is 1. The Labute approximate surface area is 118 Å². The van der Waals surface area contributed by atoms with Gasteiger partial charge in [0.2, 0.25) is 0 Å². The van der Waals surface area contributed by atoms with E-state index in [0.29, 0.717) is 5.69 Å². The number of nitrogens with zero attached hydrogens (tertiary/aromatic N) is 3. The van der Waals surface area contributed by atoms with Gasteiger partial charge in [0.15, 0.2) is 0 Å². The number of nitrogen functional groups attached to an aromatic ring is 1. The third-order valence-electron chi connectivity index (χ3n) is 3.80. The zero-order chi connectivity index (χ0) is 14.3. The molecule has 3 rings (SSSR count). The Balaban J connectivity index is 2.33. The van der Waals surface area contributed by atoms with Crippen LogP contribution in [-0.2, 0) is 6.42 Å². The summed E-state index contributed by atoms with van der Waals surface area (Å²) < 4.78 is 2.00. The van der Waals surface area contributed by atoms with E-state index in [2.05, 4.69) is 30.9 Å². The molecule has 20 heavy (non-hydrogen) atoms. The molecule has 0 spiro atoms. The van der Waals surface area contributed by atoms with Crippen molar-refractivity contribution in [3.8, 4) is 5.69 Å². The highest BCUT2D eigenvalue weighted by Gasteiger charge is 2.14. The van der Waals surface area contributed by atoms with Crippen molar-refractivity contribution in [1.29, 1.82) is 0 Å². The summed E-state index contributed by atoms with van der Waals surface area (Å²) in [4.78, 5) is 4.38. The Kier molecular flexibility index (Phi) is 2.93. The maximum atomic E-state index is 6.01. The zero-order valence-corrected chi connectivity index (χ0v) is 12.0. The van der Waals surface area contributed by atoms with Crippen molar-refractivity contribution >= 4 is 16.6 Å². The van der Waals surface area contributed by atoms with Crippen LogP contribution in [0, 0.1) is 13.8 Å². The second-order valence-corrected chi connectivity index (χ2v) is 4.99. The van der Waals surface area contributed by atoms with Gasteiger partial charge >= 0.3 is 0 Å². The number of anilines is 1. The van der Waals surface area contributed by atoms with E-state index < -0.39 is 0 Å². The summed E-state index contributed by atoms with van der Waals surface area (Å²) in [6.07, 6.45) is 2.75. The first-order valence-corrected chi connectivity index (χ1v) is 6.82. The van der Waals surface area contributed by atoms with Crippen LogP contribution >= 0.6 is 0 Å². The van der Waals surface area contributed by atoms with Gasteiger partial charge in [-0.3, -0.25) is 4.98 Å². The SMILES string of the molecule is CCc1c(C)nn(-c2ccc(N)c3ncccc23)c1C. The summed E-state index contributed by atoms with van der Waals surface area (Å²) in [5.74, 6) is 0. The van der Waals surface area contributed by atoms with E-state index in [0.717, 1.165) is 28.7 Å². The van der Waals surface area contributed by atoms with Gasteiger partial charge in [0.1, 0.15) is 0 Å². The van der Waals surface area contributed by atoms with Crippen LogP contribution in [0.15, 0.2) is 30.5 Å². The van der Waals surface area contributed by atoms with Gasteiger partial charge in [-0.15, -0.1) is 0 Å². The molecule has 4 nitrogen and oxygen atoms in total. The summed E-state index contributed by atoms with van der Waals surface area (Å²) in [5.41, 5.74) is 12.1. The molecular weight excluding hydrogens is 248 g/mol. The van der Waals surface area contributed by atoms with Crippen molar-refractivity contribution in [1.82, 2.24) is 14.8 Å². The minimum Gasteiger partial charge on any atom is -0.397 e. The van der Waals surface area contributed by atoms with E-state index in [1.807, 2.05) is 28.9 Å². The van der Waals surface area contributed by atoms with Crippen molar-refractivity contribution in [2.24, 2.45) is 0 Å². The smallest absolute Gasteiger partial charge is 0.0952 e. The van der Waals surface area contributed by atoms with Crippen molar-refractivity contribution in [3.63, 3.8) is 0 Å². The van der Waals surface area contributed by atoms with E-state index in [9.17, 15) is 0 Å². The molecule has 1 aromatic carbocycles. The predicted molar refractivity (Wildman–Crippen MR) is 82.1 cm³/mol. The number of aryl methyl sites for hydroxylation is 1. The fourth-order valence-electron chi connectivity index (χ4n) is 2.79. The van der Waals surface area contributed by atoms with Gasteiger partial charge in [0, 0.05) is 17.3 Å². The van der Waals surface area contributed by atoms with Gasteiger partial charge in [-0.05, 0) is 50.1 Å². The fourth-order valence-corrected chi connectivity index (χ4v) is 2.79. The quantitative estimate of drug-likeness (QED) is 0.725. The van der Waals surface area contributed by atoms with Crippen LogP contribution in [0.1, 0.15) is 23.9 Å². The van der Waals surface area contributed by atoms with E-state index in [1.165, 1.54) is 11.3 Å². The van der Waals surface area contributed by atoms with E-state index in [4.69, 9.17) is 5.73 Å². The van der Waals surface area contributed by atoms with Crippen LogP contribution < -0.4 is 5.73 Å². The Hall–Kier alpha value is -2.36. The Morgan fingerprint density at radius 2 is 2.00 bits per heavy atom. The summed E-state index contributed by atoms with van der Waals surface area (Å²) in [7, 11) is 0. The van der Waals surface area contributed by atoms with Crippen LogP contribution in [0.4, 0.5) is 5.69 Å². The van der Waals surface area contributed by atoms with Crippen LogP contribution in [0.5, 0.6) is 0 Å². The molecule has 0 aliphatic heterocycles. The van der Waals surface area contributed by atoms with Crippen LogP contribution in [0.2, 0.25) is 0 Å². The molecule has 2 heterocycles. The van der Waals surface area contributed by atoms with Gasteiger partial charge in [-0.25, -0.2) is 4.68 Å². The molecule has 0 atom stereocenters. The molecule has 3 aromatic rings. The highest BCUT2D eigenvalue weighted by molar-refractivity contribution is 5.95. The number of pyridine rings is 1. The lowest BCUT2D eigenvalue weighted by Crippen LogP contribution is -2.02. The minimum atomic E-state index is 0.696. The molecule has 0 unspecified atom stereocenters. The molecule has 0 fully saturated rings. The van der Waals surface area contributed by atoms with E-state index in [-0.39, 0.29) is 0 Å². The Morgan fingerprint density at radius 3 is 2.70 bits per heavy atom. The molecule has 102 valence electrons. The number of aromatic nitrogens is 3. The average Bonchev–Trinajstić information content (AvgIpc) is 2.74. The molecule has 0 aliphatic rings. The maximum absolute atomic E-state index is 6.01. The van der Waals surface area contributed by atoms with Gasteiger partial charge in [0.05, 0.1) is 22.6 Å². The molecule has 0 saturated carbocycles. The summed E-state index contributed by atoms with van der Waals surface area (Å²) in [6, 6.07) is 7.87. The number of fused-ring (bicyclic) bond motifs is 1. The molecule has 4 heteroatoms. The van der Waals surface area contributed by atoms with Crippen molar-refractivity contribution < 1.29 is 0 Å². The molecule has 0 radical (unpaired) electrons. The van der Waals surface area contributed by atoms with Crippen molar-refractivity contribution in [2.75, 3.05) is 5.73 Å². The van der Waals surface area contributed by atoms with Gasteiger partial charge in [-0.2, -0.15) is 5.10 Å². The third kappa shape index (κ3) is 1.76. The summed E-state index contributed by atoms with van der Waals surface area (Å²) in [6.45, 7) is 6.32. The van der Waals surface area contributed by atoms with Gasteiger partial charge in [-0.1, -0.05) is 6.92 Å². The van der Waals surface area contributed by atoms with Gasteiger partial charge in [0.25, 0.3) is 0 Å². The predicted octanol–water partition coefficient (Wildman–Crippen LogP) is 3.18. The van der Waals surface area contributed by atoms with Crippen molar-refractivity contribution in [2.45, 2.75) is 27.2 Å². The van der Waals surface area contributed by atoms with Crippen LogP contribution in [0.25, 0.3) is 16.6 Å². The standard InChI is InChI=1S/C16H18N4/c1-4-12-10(2)19-20(11(12)3)15-8-7-14(17)16-13(15)6-5-9-18-16/h5-9H,4,17H2,1-3H3. The number of nitrogens with two attached hydrogens (primary N) is 1. The number of rotatable bonds is 2.